The number of rotatable bonds is 7. The summed E-state index contributed by atoms with van der Waals surface area (Å²) in [4.78, 5) is 13.4. The van der Waals surface area contributed by atoms with Crippen LogP contribution in [-0.4, -0.2) is 14.3 Å². The van der Waals surface area contributed by atoms with Crippen LogP contribution in [0.5, 0.6) is 0 Å². The van der Waals surface area contributed by atoms with Crippen molar-refractivity contribution in [3.8, 4) is 0 Å². The zero-order chi connectivity index (χ0) is 20.0. The third kappa shape index (κ3) is 5.94. The van der Waals surface area contributed by atoms with E-state index in [9.17, 15) is 17.6 Å². The maximum absolute atomic E-state index is 12.9. The summed E-state index contributed by atoms with van der Waals surface area (Å²) in [5.41, 5.74) is 1.69. The van der Waals surface area contributed by atoms with E-state index >= 15 is 0 Å². The standard InChI is InChI=1S/C21H18FNO3S2/c22-19-12-8-17(9-13-19)15-28(25,26)23-21(24)18-10-6-16(7-11-18)14-27-20-4-2-1-3-5-20/h1-13H,14-15H2,(H,23,24). The van der Waals surface area contributed by atoms with Gasteiger partial charge in [-0.2, -0.15) is 0 Å². The number of sulfonamides is 1. The summed E-state index contributed by atoms with van der Waals surface area (Å²) in [6.07, 6.45) is 0. The van der Waals surface area contributed by atoms with Crippen molar-refractivity contribution < 1.29 is 17.6 Å². The molecule has 0 spiro atoms. The SMILES string of the molecule is O=C(NS(=O)(=O)Cc1ccc(F)cc1)c1ccc(CSc2ccccc2)cc1. The Morgan fingerprint density at radius 3 is 2.11 bits per heavy atom. The van der Waals surface area contributed by atoms with Crippen LogP contribution >= 0.6 is 11.8 Å². The van der Waals surface area contributed by atoms with E-state index in [0.717, 1.165) is 16.2 Å². The van der Waals surface area contributed by atoms with Gasteiger partial charge in [0.25, 0.3) is 5.91 Å². The molecule has 3 aromatic carbocycles. The molecule has 0 saturated carbocycles. The van der Waals surface area contributed by atoms with Crippen molar-refractivity contribution in [3.63, 3.8) is 0 Å². The van der Waals surface area contributed by atoms with E-state index < -0.39 is 27.5 Å². The van der Waals surface area contributed by atoms with Gasteiger partial charge in [-0.05, 0) is 47.5 Å². The van der Waals surface area contributed by atoms with Crippen molar-refractivity contribution in [2.75, 3.05) is 0 Å². The van der Waals surface area contributed by atoms with Crippen LogP contribution in [0.4, 0.5) is 4.39 Å². The van der Waals surface area contributed by atoms with Gasteiger partial charge < -0.3 is 0 Å². The largest absolute Gasteiger partial charge is 0.268 e. The molecule has 0 aromatic heterocycles. The molecule has 1 amide bonds. The number of amides is 1. The van der Waals surface area contributed by atoms with Crippen LogP contribution in [0.1, 0.15) is 21.5 Å². The van der Waals surface area contributed by atoms with E-state index in [0.29, 0.717) is 5.56 Å². The number of hydrogen-bond donors (Lipinski definition) is 1. The van der Waals surface area contributed by atoms with Crippen molar-refractivity contribution in [3.05, 3.63) is 101 Å². The molecular weight excluding hydrogens is 397 g/mol. The number of nitrogens with one attached hydrogen (secondary N) is 1. The number of thioether (sulfide) groups is 1. The molecule has 0 radical (unpaired) electrons. The second kappa shape index (κ2) is 9.03. The van der Waals surface area contributed by atoms with E-state index in [1.807, 2.05) is 35.1 Å². The van der Waals surface area contributed by atoms with Crippen molar-refractivity contribution >= 4 is 27.7 Å². The van der Waals surface area contributed by atoms with Gasteiger partial charge in [0.05, 0.1) is 5.75 Å². The van der Waals surface area contributed by atoms with Crippen molar-refractivity contribution in [2.24, 2.45) is 0 Å². The predicted octanol–water partition coefficient (Wildman–Crippen LogP) is 4.38. The fraction of sp³-hybridized carbons (Fsp3) is 0.0952. The van der Waals surface area contributed by atoms with Gasteiger partial charge in [0, 0.05) is 16.2 Å². The Labute approximate surface area is 167 Å². The van der Waals surface area contributed by atoms with Crippen LogP contribution in [0.3, 0.4) is 0 Å². The molecule has 0 saturated heterocycles. The van der Waals surface area contributed by atoms with Gasteiger partial charge in [0.15, 0.2) is 0 Å². The van der Waals surface area contributed by atoms with Crippen LogP contribution < -0.4 is 4.72 Å². The van der Waals surface area contributed by atoms with Gasteiger partial charge in [-0.15, -0.1) is 11.8 Å². The van der Waals surface area contributed by atoms with E-state index in [1.165, 1.54) is 24.3 Å². The highest BCUT2D eigenvalue weighted by molar-refractivity contribution is 7.98. The first kappa shape index (κ1) is 20.1. The molecule has 0 unspecified atom stereocenters. The summed E-state index contributed by atoms with van der Waals surface area (Å²) < 4.78 is 39.3. The summed E-state index contributed by atoms with van der Waals surface area (Å²) in [5, 5.41) is 0. The molecule has 0 atom stereocenters. The molecule has 3 aromatic rings. The van der Waals surface area contributed by atoms with Crippen molar-refractivity contribution in [2.45, 2.75) is 16.4 Å². The lowest BCUT2D eigenvalue weighted by molar-refractivity contribution is 0.0981. The summed E-state index contributed by atoms with van der Waals surface area (Å²) >= 11 is 1.68. The molecule has 3 rings (SSSR count). The van der Waals surface area contributed by atoms with Crippen LogP contribution in [0.15, 0.2) is 83.8 Å². The Bertz CT molecular complexity index is 1040. The minimum atomic E-state index is -3.88. The number of benzene rings is 3. The average Bonchev–Trinajstić information content (AvgIpc) is 2.69. The number of hydrogen-bond acceptors (Lipinski definition) is 4. The third-order valence-electron chi connectivity index (χ3n) is 3.88. The van der Waals surface area contributed by atoms with Crippen LogP contribution in [-0.2, 0) is 21.5 Å². The highest BCUT2D eigenvalue weighted by atomic mass is 32.2. The molecule has 28 heavy (non-hydrogen) atoms. The Morgan fingerprint density at radius 2 is 1.46 bits per heavy atom. The van der Waals surface area contributed by atoms with Crippen LogP contribution in [0.2, 0.25) is 0 Å². The first-order valence-corrected chi connectivity index (χ1v) is 11.1. The lowest BCUT2D eigenvalue weighted by atomic mass is 10.1. The number of halogens is 1. The van der Waals surface area contributed by atoms with Gasteiger partial charge in [0.2, 0.25) is 10.0 Å². The fourth-order valence-electron chi connectivity index (χ4n) is 2.47. The Kier molecular flexibility index (Phi) is 6.49. The molecule has 0 fully saturated rings. The minimum absolute atomic E-state index is 0.260. The van der Waals surface area contributed by atoms with Gasteiger partial charge in [-0.3, -0.25) is 4.79 Å². The number of carbonyl (C=O) groups is 1. The smallest absolute Gasteiger partial charge is 0.264 e. The molecule has 7 heteroatoms. The molecule has 0 heterocycles. The van der Waals surface area contributed by atoms with E-state index in [1.54, 1.807) is 36.0 Å². The quantitative estimate of drug-likeness (QED) is 0.582. The van der Waals surface area contributed by atoms with Gasteiger partial charge in [-0.1, -0.05) is 42.5 Å². The van der Waals surface area contributed by atoms with Crippen molar-refractivity contribution in [1.82, 2.24) is 4.72 Å². The molecule has 0 aliphatic heterocycles. The van der Waals surface area contributed by atoms with Gasteiger partial charge in [0.1, 0.15) is 5.82 Å². The maximum Gasteiger partial charge on any atom is 0.264 e. The Morgan fingerprint density at radius 1 is 0.857 bits per heavy atom. The van der Waals surface area contributed by atoms with E-state index in [4.69, 9.17) is 0 Å². The summed E-state index contributed by atoms with van der Waals surface area (Å²) in [7, 11) is -3.88. The first-order chi connectivity index (χ1) is 13.4. The lowest BCUT2D eigenvalue weighted by Crippen LogP contribution is -2.31. The molecule has 0 aliphatic carbocycles. The van der Waals surface area contributed by atoms with E-state index in [2.05, 4.69) is 0 Å². The highest BCUT2D eigenvalue weighted by Crippen LogP contribution is 2.22. The molecule has 0 aliphatic rings. The maximum atomic E-state index is 12.9. The highest BCUT2D eigenvalue weighted by Gasteiger charge is 2.17. The fourth-order valence-corrected chi connectivity index (χ4v) is 4.45. The van der Waals surface area contributed by atoms with Crippen LogP contribution in [0.25, 0.3) is 0 Å². The topological polar surface area (TPSA) is 63.2 Å². The zero-order valence-electron chi connectivity index (χ0n) is 14.8. The normalized spacial score (nSPS) is 11.2. The lowest BCUT2D eigenvalue weighted by Gasteiger charge is -2.08. The minimum Gasteiger partial charge on any atom is -0.268 e. The molecule has 4 nitrogen and oxygen atoms in total. The second-order valence-electron chi connectivity index (χ2n) is 6.12. The average molecular weight is 416 g/mol. The van der Waals surface area contributed by atoms with Gasteiger partial charge in [-0.25, -0.2) is 17.5 Å². The van der Waals surface area contributed by atoms with Gasteiger partial charge >= 0.3 is 0 Å². The van der Waals surface area contributed by atoms with E-state index in [-0.39, 0.29) is 5.56 Å². The Hall–Kier alpha value is -2.64. The van der Waals surface area contributed by atoms with Crippen molar-refractivity contribution in [1.29, 1.82) is 0 Å². The monoisotopic (exact) mass is 415 g/mol. The predicted molar refractivity (Wildman–Crippen MR) is 109 cm³/mol. The third-order valence-corrected chi connectivity index (χ3v) is 6.18. The summed E-state index contributed by atoms with van der Waals surface area (Å²) in [5.74, 6) is -0.792. The molecular formula is C21H18FNO3S2. The molecule has 0 bridgehead atoms. The summed E-state index contributed by atoms with van der Waals surface area (Å²) in [6.45, 7) is 0. The first-order valence-electron chi connectivity index (χ1n) is 8.47. The molecule has 144 valence electrons. The Balaban J connectivity index is 1.58. The second-order valence-corrected chi connectivity index (χ2v) is 8.89. The molecule has 1 N–H and O–H groups in total. The zero-order valence-corrected chi connectivity index (χ0v) is 16.5. The summed E-state index contributed by atoms with van der Waals surface area (Å²) in [6, 6.07) is 21.9. The van der Waals surface area contributed by atoms with Crippen LogP contribution in [0, 0.1) is 5.82 Å². The number of carbonyl (C=O) groups excluding carboxylic acids is 1.